The SMILES string of the molecule is Cc1ccc(C2(CNC(=O)c3ccc(-n4cnnc4)nc3)CCOCC2)cc1. The average molecular weight is 377 g/mol. The second-order valence-electron chi connectivity index (χ2n) is 7.22. The number of ether oxygens (including phenoxy) is 1. The van der Waals surface area contributed by atoms with E-state index >= 15 is 0 Å². The summed E-state index contributed by atoms with van der Waals surface area (Å²) in [6.45, 7) is 4.07. The van der Waals surface area contributed by atoms with E-state index in [0.717, 1.165) is 12.8 Å². The number of nitrogens with one attached hydrogen (secondary N) is 1. The summed E-state index contributed by atoms with van der Waals surface area (Å²) in [6, 6.07) is 12.1. The maximum atomic E-state index is 12.7. The van der Waals surface area contributed by atoms with Gasteiger partial charge in [-0.3, -0.25) is 9.36 Å². The van der Waals surface area contributed by atoms with Gasteiger partial charge in [0.15, 0.2) is 0 Å². The number of carbonyl (C=O) groups excluding carboxylic acids is 1. The highest BCUT2D eigenvalue weighted by atomic mass is 16.5. The van der Waals surface area contributed by atoms with E-state index in [0.29, 0.717) is 31.1 Å². The molecule has 3 heterocycles. The molecule has 0 aliphatic carbocycles. The van der Waals surface area contributed by atoms with Crippen LogP contribution in [-0.2, 0) is 10.2 Å². The third-order valence-electron chi connectivity index (χ3n) is 5.39. The van der Waals surface area contributed by atoms with Crippen molar-refractivity contribution < 1.29 is 9.53 Å². The van der Waals surface area contributed by atoms with Crippen molar-refractivity contribution in [3.05, 3.63) is 71.9 Å². The molecule has 2 aromatic heterocycles. The smallest absolute Gasteiger partial charge is 0.252 e. The van der Waals surface area contributed by atoms with Crippen LogP contribution in [0.15, 0.2) is 55.2 Å². The number of hydrogen-bond donors (Lipinski definition) is 1. The van der Waals surface area contributed by atoms with E-state index in [9.17, 15) is 4.79 Å². The highest BCUT2D eigenvalue weighted by molar-refractivity contribution is 5.94. The molecule has 3 aromatic rings. The van der Waals surface area contributed by atoms with Crippen LogP contribution in [0.3, 0.4) is 0 Å². The maximum Gasteiger partial charge on any atom is 0.252 e. The van der Waals surface area contributed by atoms with Crippen molar-refractivity contribution in [1.82, 2.24) is 25.1 Å². The molecule has 1 saturated heterocycles. The first-order valence-electron chi connectivity index (χ1n) is 9.40. The summed E-state index contributed by atoms with van der Waals surface area (Å²) < 4.78 is 7.27. The predicted octanol–water partition coefficient (Wildman–Crippen LogP) is 2.45. The Labute approximate surface area is 163 Å². The van der Waals surface area contributed by atoms with Crippen molar-refractivity contribution in [3.63, 3.8) is 0 Å². The van der Waals surface area contributed by atoms with Crippen LogP contribution in [0, 0.1) is 6.92 Å². The van der Waals surface area contributed by atoms with Gasteiger partial charge in [0.25, 0.3) is 5.91 Å². The van der Waals surface area contributed by atoms with Gasteiger partial charge in [-0.1, -0.05) is 29.8 Å². The number of aromatic nitrogens is 4. The molecule has 144 valence electrons. The van der Waals surface area contributed by atoms with Crippen molar-refractivity contribution in [2.75, 3.05) is 19.8 Å². The van der Waals surface area contributed by atoms with E-state index < -0.39 is 0 Å². The maximum absolute atomic E-state index is 12.7. The Morgan fingerprint density at radius 1 is 1.11 bits per heavy atom. The van der Waals surface area contributed by atoms with Gasteiger partial charge in [0.2, 0.25) is 0 Å². The number of nitrogens with zero attached hydrogens (tertiary/aromatic N) is 4. The topological polar surface area (TPSA) is 81.9 Å². The van der Waals surface area contributed by atoms with Crippen molar-refractivity contribution in [3.8, 4) is 5.82 Å². The summed E-state index contributed by atoms with van der Waals surface area (Å²) in [4.78, 5) is 17.0. The Hall–Kier alpha value is -3.06. The molecular formula is C21H23N5O2. The molecule has 1 N–H and O–H groups in total. The largest absolute Gasteiger partial charge is 0.381 e. The van der Waals surface area contributed by atoms with Gasteiger partial charge in [0.1, 0.15) is 18.5 Å². The highest BCUT2D eigenvalue weighted by Crippen LogP contribution is 2.34. The van der Waals surface area contributed by atoms with Gasteiger partial charge in [-0.15, -0.1) is 10.2 Å². The number of benzene rings is 1. The number of amides is 1. The molecule has 0 unspecified atom stereocenters. The summed E-state index contributed by atoms with van der Waals surface area (Å²) in [5.41, 5.74) is 2.91. The number of rotatable bonds is 5. The second kappa shape index (κ2) is 7.90. The van der Waals surface area contributed by atoms with E-state index in [2.05, 4.69) is 51.7 Å². The molecule has 0 spiro atoms. The molecule has 1 aliphatic rings. The fourth-order valence-electron chi connectivity index (χ4n) is 3.58. The lowest BCUT2D eigenvalue weighted by molar-refractivity contribution is 0.0487. The van der Waals surface area contributed by atoms with Gasteiger partial charge >= 0.3 is 0 Å². The van der Waals surface area contributed by atoms with Crippen LogP contribution in [0.25, 0.3) is 5.82 Å². The van der Waals surface area contributed by atoms with Gasteiger partial charge < -0.3 is 10.1 Å². The zero-order valence-corrected chi connectivity index (χ0v) is 15.8. The minimum Gasteiger partial charge on any atom is -0.381 e. The van der Waals surface area contributed by atoms with E-state index in [4.69, 9.17) is 4.74 Å². The van der Waals surface area contributed by atoms with Crippen LogP contribution in [0.2, 0.25) is 0 Å². The van der Waals surface area contributed by atoms with Crippen LogP contribution in [0.5, 0.6) is 0 Å². The Morgan fingerprint density at radius 2 is 1.82 bits per heavy atom. The monoisotopic (exact) mass is 377 g/mol. The normalized spacial score (nSPS) is 15.9. The fourth-order valence-corrected chi connectivity index (χ4v) is 3.58. The Morgan fingerprint density at radius 3 is 2.46 bits per heavy atom. The Balaban J connectivity index is 1.47. The van der Waals surface area contributed by atoms with Crippen molar-refractivity contribution in [2.24, 2.45) is 0 Å². The fraction of sp³-hybridized carbons (Fsp3) is 0.333. The standard InChI is InChI=1S/C21H23N5O2/c1-16-2-5-18(6-3-16)21(8-10-28-11-9-21)13-23-20(27)17-4-7-19(22-12-17)26-14-24-25-15-26/h2-7,12,14-15H,8-11,13H2,1H3,(H,23,27). The highest BCUT2D eigenvalue weighted by Gasteiger charge is 2.34. The van der Waals surface area contributed by atoms with Gasteiger partial charge in [0, 0.05) is 31.4 Å². The zero-order valence-electron chi connectivity index (χ0n) is 15.8. The van der Waals surface area contributed by atoms with Gasteiger partial charge in [-0.25, -0.2) is 4.98 Å². The summed E-state index contributed by atoms with van der Waals surface area (Å²) in [5, 5.41) is 10.6. The number of pyridine rings is 1. The molecule has 4 rings (SSSR count). The lowest BCUT2D eigenvalue weighted by atomic mass is 9.74. The molecule has 7 heteroatoms. The van der Waals surface area contributed by atoms with Crippen molar-refractivity contribution in [1.29, 1.82) is 0 Å². The van der Waals surface area contributed by atoms with E-state index in [1.807, 2.05) is 0 Å². The van der Waals surface area contributed by atoms with Crippen molar-refractivity contribution in [2.45, 2.75) is 25.2 Å². The Bertz CT molecular complexity index is 914. The first kappa shape index (κ1) is 18.3. The summed E-state index contributed by atoms with van der Waals surface area (Å²) in [7, 11) is 0. The zero-order chi connectivity index (χ0) is 19.4. The summed E-state index contributed by atoms with van der Waals surface area (Å²) in [6.07, 6.45) is 6.49. The molecule has 1 aliphatic heterocycles. The van der Waals surface area contributed by atoms with E-state index in [1.165, 1.54) is 11.1 Å². The molecule has 0 saturated carbocycles. The van der Waals surface area contributed by atoms with Crippen LogP contribution >= 0.6 is 0 Å². The minimum absolute atomic E-state index is 0.0997. The Kier molecular flexibility index (Phi) is 5.16. The molecule has 1 fully saturated rings. The predicted molar refractivity (Wildman–Crippen MR) is 104 cm³/mol. The van der Waals surface area contributed by atoms with Crippen LogP contribution in [0.4, 0.5) is 0 Å². The summed E-state index contributed by atoms with van der Waals surface area (Å²) >= 11 is 0. The molecule has 28 heavy (non-hydrogen) atoms. The third kappa shape index (κ3) is 3.80. The first-order chi connectivity index (χ1) is 13.7. The lowest BCUT2D eigenvalue weighted by Crippen LogP contribution is -2.44. The molecule has 1 aromatic carbocycles. The van der Waals surface area contributed by atoms with Crippen LogP contribution < -0.4 is 5.32 Å². The lowest BCUT2D eigenvalue weighted by Gasteiger charge is -2.38. The second-order valence-corrected chi connectivity index (χ2v) is 7.22. The molecular weight excluding hydrogens is 354 g/mol. The van der Waals surface area contributed by atoms with E-state index in [-0.39, 0.29) is 11.3 Å². The molecule has 0 atom stereocenters. The third-order valence-corrected chi connectivity index (χ3v) is 5.39. The van der Waals surface area contributed by atoms with E-state index in [1.54, 1.807) is 35.6 Å². The van der Waals surface area contributed by atoms with Crippen LogP contribution in [-0.4, -0.2) is 45.4 Å². The number of aryl methyl sites for hydroxylation is 1. The quantitative estimate of drug-likeness (QED) is 0.739. The first-order valence-corrected chi connectivity index (χ1v) is 9.40. The van der Waals surface area contributed by atoms with Gasteiger partial charge in [0.05, 0.1) is 5.56 Å². The number of carbonyl (C=O) groups is 1. The molecule has 0 radical (unpaired) electrons. The molecule has 0 bridgehead atoms. The number of hydrogen-bond acceptors (Lipinski definition) is 5. The minimum atomic E-state index is -0.124. The summed E-state index contributed by atoms with van der Waals surface area (Å²) in [5.74, 6) is 0.544. The molecule has 7 nitrogen and oxygen atoms in total. The van der Waals surface area contributed by atoms with Gasteiger partial charge in [-0.05, 0) is 37.5 Å². The molecule has 1 amide bonds. The van der Waals surface area contributed by atoms with Crippen molar-refractivity contribution >= 4 is 5.91 Å². The van der Waals surface area contributed by atoms with Crippen LogP contribution in [0.1, 0.15) is 34.3 Å². The average Bonchev–Trinajstić information content (AvgIpc) is 3.28. The van der Waals surface area contributed by atoms with Gasteiger partial charge in [-0.2, -0.15) is 0 Å².